The van der Waals surface area contributed by atoms with E-state index in [1.807, 2.05) is 31.2 Å². The van der Waals surface area contributed by atoms with Crippen LogP contribution >= 0.6 is 0 Å². The second-order valence-corrected chi connectivity index (χ2v) is 4.98. The van der Waals surface area contributed by atoms with Gasteiger partial charge in [0, 0.05) is 5.56 Å². The lowest BCUT2D eigenvalue weighted by Gasteiger charge is -2.18. The minimum Gasteiger partial charge on any atom is -0.493 e. The summed E-state index contributed by atoms with van der Waals surface area (Å²) in [6.45, 7) is 2.84. The predicted molar refractivity (Wildman–Crippen MR) is 75.8 cm³/mol. The summed E-state index contributed by atoms with van der Waals surface area (Å²) >= 11 is 0. The third-order valence-electron chi connectivity index (χ3n) is 3.56. The number of rotatable bonds is 2. The Morgan fingerprint density at radius 1 is 1.16 bits per heavy atom. The van der Waals surface area contributed by atoms with Crippen molar-refractivity contribution < 1.29 is 9.53 Å². The van der Waals surface area contributed by atoms with Gasteiger partial charge in [0.2, 0.25) is 0 Å². The average Bonchev–Trinajstić information content (AvgIpc) is 2.46. The van der Waals surface area contributed by atoms with Gasteiger partial charge in [-0.1, -0.05) is 29.8 Å². The summed E-state index contributed by atoms with van der Waals surface area (Å²) in [5.74, 6) is 0.982. The van der Waals surface area contributed by atoms with Crippen LogP contribution in [0.4, 0.5) is 0 Å². The summed E-state index contributed by atoms with van der Waals surface area (Å²) in [5, 5.41) is 0. The lowest BCUT2D eigenvalue weighted by Crippen LogP contribution is -2.08. The fourth-order valence-electron chi connectivity index (χ4n) is 2.55. The molecule has 0 bridgehead atoms. The molecule has 19 heavy (non-hydrogen) atoms. The molecule has 1 aliphatic heterocycles. The van der Waals surface area contributed by atoms with Crippen molar-refractivity contribution in [3.63, 3.8) is 0 Å². The molecule has 2 aromatic carbocycles. The van der Waals surface area contributed by atoms with E-state index < -0.39 is 0 Å². The lowest BCUT2D eigenvalue weighted by molar-refractivity contribution is 0.112. The van der Waals surface area contributed by atoms with Gasteiger partial charge in [-0.3, -0.25) is 4.79 Å². The SMILES string of the molecule is Cc1ccc(C=O)c(-c2ccc3c(c2)CCCO3)c1. The highest BCUT2D eigenvalue weighted by Gasteiger charge is 2.12. The minimum atomic E-state index is 0.738. The number of carbonyl (C=O) groups is 1. The van der Waals surface area contributed by atoms with Crippen LogP contribution in [0.5, 0.6) is 5.75 Å². The van der Waals surface area contributed by atoms with Gasteiger partial charge in [-0.05, 0) is 48.6 Å². The predicted octanol–water partition coefficient (Wildman–Crippen LogP) is 3.80. The minimum absolute atomic E-state index is 0.738. The third kappa shape index (κ3) is 2.26. The molecule has 0 spiro atoms. The number of aryl methyl sites for hydroxylation is 2. The van der Waals surface area contributed by atoms with E-state index in [-0.39, 0.29) is 0 Å². The molecule has 2 nitrogen and oxygen atoms in total. The van der Waals surface area contributed by atoms with Crippen LogP contribution in [-0.2, 0) is 6.42 Å². The van der Waals surface area contributed by atoms with Gasteiger partial charge < -0.3 is 4.74 Å². The van der Waals surface area contributed by atoms with Crippen LogP contribution in [0.1, 0.15) is 27.9 Å². The summed E-state index contributed by atoms with van der Waals surface area (Å²) in [6.07, 6.45) is 3.03. The highest BCUT2D eigenvalue weighted by molar-refractivity contribution is 5.88. The van der Waals surface area contributed by atoms with Crippen LogP contribution in [0.25, 0.3) is 11.1 Å². The van der Waals surface area contributed by atoms with Crippen molar-refractivity contribution in [1.29, 1.82) is 0 Å². The molecule has 0 saturated heterocycles. The largest absolute Gasteiger partial charge is 0.493 e. The topological polar surface area (TPSA) is 26.3 Å². The number of fused-ring (bicyclic) bond motifs is 1. The van der Waals surface area contributed by atoms with E-state index in [1.165, 1.54) is 5.56 Å². The molecule has 2 aromatic rings. The maximum absolute atomic E-state index is 11.2. The number of hydrogen-bond acceptors (Lipinski definition) is 2. The van der Waals surface area contributed by atoms with Crippen LogP contribution in [-0.4, -0.2) is 12.9 Å². The van der Waals surface area contributed by atoms with E-state index >= 15 is 0 Å². The quantitative estimate of drug-likeness (QED) is 0.760. The molecule has 3 rings (SSSR count). The first-order chi connectivity index (χ1) is 9.28. The van der Waals surface area contributed by atoms with Gasteiger partial charge >= 0.3 is 0 Å². The van der Waals surface area contributed by atoms with Crippen molar-refractivity contribution in [3.8, 4) is 16.9 Å². The van der Waals surface area contributed by atoms with E-state index in [4.69, 9.17) is 4.74 Å². The van der Waals surface area contributed by atoms with E-state index in [9.17, 15) is 4.79 Å². The van der Waals surface area contributed by atoms with Crippen molar-refractivity contribution >= 4 is 6.29 Å². The average molecular weight is 252 g/mol. The fraction of sp³-hybridized carbons (Fsp3) is 0.235. The Bertz CT molecular complexity index is 629. The number of aldehydes is 1. The van der Waals surface area contributed by atoms with Gasteiger partial charge in [0.15, 0.2) is 6.29 Å². The summed E-state index contributed by atoms with van der Waals surface area (Å²) in [5.41, 5.74) is 5.23. The van der Waals surface area contributed by atoms with Crippen LogP contribution in [0.3, 0.4) is 0 Å². The van der Waals surface area contributed by atoms with Crippen LogP contribution in [0.15, 0.2) is 36.4 Å². The first-order valence-corrected chi connectivity index (χ1v) is 6.60. The normalized spacial score (nSPS) is 13.5. The van der Waals surface area contributed by atoms with Crippen molar-refractivity contribution in [2.75, 3.05) is 6.61 Å². The van der Waals surface area contributed by atoms with Crippen molar-refractivity contribution in [2.24, 2.45) is 0 Å². The summed E-state index contributed by atoms with van der Waals surface area (Å²) < 4.78 is 5.63. The zero-order chi connectivity index (χ0) is 13.2. The second kappa shape index (κ2) is 4.88. The fourth-order valence-corrected chi connectivity index (χ4v) is 2.55. The molecule has 0 radical (unpaired) electrons. The van der Waals surface area contributed by atoms with E-state index in [1.54, 1.807) is 0 Å². The van der Waals surface area contributed by atoms with Gasteiger partial charge in [0.25, 0.3) is 0 Å². The molecule has 0 atom stereocenters. The standard InChI is InChI=1S/C17H16O2/c1-12-4-5-15(11-18)16(9-12)13-6-7-17-14(10-13)3-2-8-19-17/h4-7,9-11H,2-3,8H2,1H3. The third-order valence-corrected chi connectivity index (χ3v) is 3.56. The Labute approximate surface area is 113 Å². The highest BCUT2D eigenvalue weighted by atomic mass is 16.5. The molecule has 0 saturated carbocycles. The first kappa shape index (κ1) is 12.0. The molecule has 0 fully saturated rings. The Kier molecular flexibility index (Phi) is 3.08. The maximum atomic E-state index is 11.2. The van der Waals surface area contributed by atoms with Crippen molar-refractivity contribution in [2.45, 2.75) is 19.8 Å². The Balaban J connectivity index is 2.11. The van der Waals surface area contributed by atoms with Crippen LogP contribution in [0.2, 0.25) is 0 Å². The van der Waals surface area contributed by atoms with Crippen LogP contribution in [0, 0.1) is 6.92 Å². The van der Waals surface area contributed by atoms with Gasteiger partial charge in [0.1, 0.15) is 5.75 Å². The number of benzene rings is 2. The molecule has 0 N–H and O–H groups in total. The molecule has 0 aromatic heterocycles. The van der Waals surface area contributed by atoms with Gasteiger partial charge in [-0.2, -0.15) is 0 Å². The molecule has 2 heteroatoms. The number of ether oxygens (including phenoxy) is 1. The summed E-state index contributed by atoms with van der Waals surface area (Å²) in [6, 6.07) is 12.1. The Morgan fingerprint density at radius 2 is 2.05 bits per heavy atom. The molecule has 96 valence electrons. The van der Waals surface area contributed by atoms with E-state index in [0.717, 1.165) is 53.7 Å². The smallest absolute Gasteiger partial charge is 0.150 e. The second-order valence-electron chi connectivity index (χ2n) is 4.98. The zero-order valence-corrected chi connectivity index (χ0v) is 11.0. The van der Waals surface area contributed by atoms with E-state index in [0.29, 0.717) is 0 Å². The number of hydrogen-bond donors (Lipinski definition) is 0. The van der Waals surface area contributed by atoms with Crippen LogP contribution < -0.4 is 4.74 Å². The lowest BCUT2D eigenvalue weighted by atomic mass is 9.95. The molecule has 0 unspecified atom stereocenters. The zero-order valence-electron chi connectivity index (χ0n) is 11.0. The highest BCUT2D eigenvalue weighted by Crippen LogP contribution is 2.31. The molecule has 0 amide bonds. The molecule has 1 aliphatic rings. The molecule has 0 aliphatic carbocycles. The molecular formula is C17H16O2. The van der Waals surface area contributed by atoms with Crippen molar-refractivity contribution in [3.05, 3.63) is 53.1 Å². The molecule has 1 heterocycles. The van der Waals surface area contributed by atoms with E-state index in [2.05, 4.69) is 12.1 Å². The van der Waals surface area contributed by atoms with Gasteiger partial charge in [-0.25, -0.2) is 0 Å². The van der Waals surface area contributed by atoms with Gasteiger partial charge in [0.05, 0.1) is 6.61 Å². The van der Waals surface area contributed by atoms with Gasteiger partial charge in [-0.15, -0.1) is 0 Å². The van der Waals surface area contributed by atoms with Crippen molar-refractivity contribution in [1.82, 2.24) is 0 Å². The Morgan fingerprint density at radius 3 is 2.89 bits per heavy atom. The number of carbonyl (C=O) groups excluding carboxylic acids is 1. The monoisotopic (exact) mass is 252 g/mol. The maximum Gasteiger partial charge on any atom is 0.150 e. The Hall–Kier alpha value is -2.09. The summed E-state index contributed by atoms with van der Waals surface area (Å²) in [4.78, 5) is 11.2. The molecular weight excluding hydrogens is 236 g/mol. The first-order valence-electron chi connectivity index (χ1n) is 6.60. The summed E-state index contributed by atoms with van der Waals surface area (Å²) in [7, 11) is 0.